The maximum Gasteiger partial charge on any atom is 0.314 e. The summed E-state index contributed by atoms with van der Waals surface area (Å²) in [5.74, 6) is -1.54. The lowest BCUT2D eigenvalue weighted by Crippen LogP contribution is -2.39. The Morgan fingerprint density at radius 1 is 1.40 bits per heavy atom. The van der Waals surface area contributed by atoms with Crippen molar-refractivity contribution in [2.75, 3.05) is 0 Å². The number of carbonyl (C=O) groups excluding carboxylic acids is 1. The maximum atomic E-state index is 11.3. The van der Waals surface area contributed by atoms with Crippen molar-refractivity contribution in [3.8, 4) is 0 Å². The van der Waals surface area contributed by atoms with Gasteiger partial charge >= 0.3 is 5.97 Å². The summed E-state index contributed by atoms with van der Waals surface area (Å²) in [5.41, 5.74) is -0.500. The molecule has 3 nitrogen and oxygen atoms in total. The lowest BCUT2D eigenvalue weighted by Gasteiger charge is -2.28. The monoisotopic (exact) mass is 206 g/mol. The summed E-state index contributed by atoms with van der Waals surface area (Å²) < 4.78 is 0. The molecule has 1 rings (SSSR count). The number of hydrogen-bond donors (Lipinski definition) is 1. The number of rotatable bonds is 4. The number of benzene rings is 1. The second kappa shape index (κ2) is 4.26. The third-order valence-electron chi connectivity index (χ3n) is 2.93. The molecule has 80 valence electrons. The molecule has 0 amide bonds. The Kier molecular flexibility index (Phi) is 3.24. The number of aldehydes is 1. The highest BCUT2D eigenvalue weighted by molar-refractivity contribution is 5.85. The number of carboxylic acids is 1. The Morgan fingerprint density at radius 3 is 2.33 bits per heavy atom. The molecule has 0 bridgehead atoms. The molecule has 0 saturated heterocycles. The molecular weight excluding hydrogens is 192 g/mol. The Hall–Kier alpha value is -1.64. The van der Waals surface area contributed by atoms with E-state index in [2.05, 4.69) is 0 Å². The number of carbonyl (C=O) groups is 2. The van der Waals surface area contributed by atoms with Crippen LogP contribution in [0.15, 0.2) is 30.3 Å². The Morgan fingerprint density at radius 2 is 1.93 bits per heavy atom. The zero-order chi connectivity index (χ0) is 11.5. The minimum atomic E-state index is -1.15. The molecule has 0 heterocycles. The van der Waals surface area contributed by atoms with E-state index in [1.807, 2.05) is 6.07 Å². The zero-order valence-corrected chi connectivity index (χ0v) is 8.81. The van der Waals surface area contributed by atoms with Crippen molar-refractivity contribution in [3.63, 3.8) is 0 Å². The normalized spacial score (nSPS) is 16.4. The lowest BCUT2D eigenvalue weighted by molar-refractivity contribution is -0.146. The van der Waals surface area contributed by atoms with Crippen LogP contribution in [0.3, 0.4) is 0 Å². The Balaban J connectivity index is 3.24. The van der Waals surface area contributed by atoms with Crippen LogP contribution < -0.4 is 0 Å². The first kappa shape index (κ1) is 11.4. The molecule has 0 aromatic heterocycles. The molecule has 0 aliphatic rings. The summed E-state index contributed by atoms with van der Waals surface area (Å²) in [6.45, 7) is 3.19. The van der Waals surface area contributed by atoms with Crippen molar-refractivity contribution in [1.29, 1.82) is 0 Å². The van der Waals surface area contributed by atoms with Crippen LogP contribution >= 0.6 is 0 Å². The van der Waals surface area contributed by atoms with Gasteiger partial charge in [-0.1, -0.05) is 37.3 Å². The fourth-order valence-electron chi connectivity index (χ4n) is 1.50. The first-order valence-corrected chi connectivity index (χ1v) is 4.77. The van der Waals surface area contributed by atoms with E-state index in [-0.39, 0.29) is 0 Å². The molecule has 0 spiro atoms. The van der Waals surface area contributed by atoms with Crippen LogP contribution in [-0.2, 0) is 15.0 Å². The highest BCUT2D eigenvalue weighted by Crippen LogP contribution is 2.31. The van der Waals surface area contributed by atoms with Gasteiger partial charge in [0.25, 0.3) is 0 Å². The van der Waals surface area contributed by atoms with Crippen molar-refractivity contribution in [1.82, 2.24) is 0 Å². The molecule has 1 aromatic rings. The van der Waals surface area contributed by atoms with Crippen LogP contribution in [0.1, 0.15) is 19.4 Å². The Labute approximate surface area is 88.7 Å². The third-order valence-corrected chi connectivity index (χ3v) is 2.93. The van der Waals surface area contributed by atoms with Gasteiger partial charge in [0, 0.05) is 5.92 Å². The highest BCUT2D eigenvalue weighted by Gasteiger charge is 2.40. The van der Waals surface area contributed by atoms with Gasteiger partial charge in [-0.15, -0.1) is 0 Å². The zero-order valence-electron chi connectivity index (χ0n) is 8.81. The fraction of sp³-hybridized carbons (Fsp3) is 0.333. The van der Waals surface area contributed by atoms with Gasteiger partial charge in [-0.2, -0.15) is 0 Å². The maximum absolute atomic E-state index is 11.3. The quantitative estimate of drug-likeness (QED) is 0.765. The average molecular weight is 206 g/mol. The average Bonchev–Trinajstić information content (AvgIpc) is 2.27. The molecule has 1 N–H and O–H groups in total. The molecule has 3 heteroatoms. The van der Waals surface area contributed by atoms with Gasteiger partial charge in [0.1, 0.15) is 6.29 Å². The summed E-state index contributed by atoms with van der Waals surface area (Å²) in [6, 6.07) is 8.82. The SMILES string of the molecule is CC(C=O)C(C)(C(=O)O)c1ccccc1. The molecule has 0 radical (unpaired) electrons. The number of carboxylic acid groups (broad SMARTS) is 1. The van der Waals surface area contributed by atoms with Crippen LogP contribution in [0.4, 0.5) is 0 Å². The predicted octanol–water partition coefficient (Wildman–Crippen LogP) is 1.86. The first-order valence-electron chi connectivity index (χ1n) is 4.77. The van der Waals surface area contributed by atoms with Gasteiger partial charge in [-0.05, 0) is 12.5 Å². The van der Waals surface area contributed by atoms with Crippen molar-refractivity contribution in [2.45, 2.75) is 19.3 Å². The largest absolute Gasteiger partial charge is 0.481 e. The molecule has 0 aliphatic carbocycles. The van der Waals surface area contributed by atoms with Gasteiger partial charge in [-0.3, -0.25) is 4.79 Å². The summed E-state index contributed by atoms with van der Waals surface area (Å²) in [6.07, 6.45) is 0.682. The molecule has 2 unspecified atom stereocenters. The van der Waals surface area contributed by atoms with Gasteiger partial charge in [0.15, 0.2) is 0 Å². The standard InChI is InChI=1S/C12H14O3/c1-9(8-13)12(2,11(14)15)10-6-4-3-5-7-10/h3-9H,1-2H3,(H,14,15). The van der Waals surface area contributed by atoms with E-state index in [4.69, 9.17) is 0 Å². The van der Waals surface area contributed by atoms with Gasteiger partial charge in [-0.25, -0.2) is 0 Å². The Bertz CT molecular complexity index is 358. The topological polar surface area (TPSA) is 54.4 Å². The third kappa shape index (κ3) is 1.91. The van der Waals surface area contributed by atoms with E-state index in [1.54, 1.807) is 38.1 Å². The minimum Gasteiger partial charge on any atom is -0.481 e. The molecule has 1 aromatic carbocycles. The van der Waals surface area contributed by atoms with Crippen molar-refractivity contribution >= 4 is 12.3 Å². The fourth-order valence-corrected chi connectivity index (χ4v) is 1.50. The van der Waals surface area contributed by atoms with Crippen molar-refractivity contribution in [2.24, 2.45) is 5.92 Å². The van der Waals surface area contributed by atoms with E-state index < -0.39 is 17.3 Å². The van der Waals surface area contributed by atoms with Gasteiger partial charge in [0.05, 0.1) is 5.41 Å². The predicted molar refractivity (Wildman–Crippen MR) is 56.7 cm³/mol. The number of aliphatic carboxylic acids is 1. The summed E-state index contributed by atoms with van der Waals surface area (Å²) in [5, 5.41) is 9.23. The molecule has 15 heavy (non-hydrogen) atoms. The summed E-state index contributed by atoms with van der Waals surface area (Å²) in [4.78, 5) is 22.0. The molecule has 0 fully saturated rings. The van der Waals surface area contributed by atoms with Crippen LogP contribution in [0.5, 0.6) is 0 Å². The smallest absolute Gasteiger partial charge is 0.314 e. The first-order chi connectivity index (χ1) is 7.03. The second-order valence-corrected chi connectivity index (χ2v) is 3.80. The van der Waals surface area contributed by atoms with Crippen LogP contribution in [0.25, 0.3) is 0 Å². The van der Waals surface area contributed by atoms with Crippen LogP contribution in [0.2, 0.25) is 0 Å². The molecular formula is C12H14O3. The van der Waals surface area contributed by atoms with Gasteiger partial charge < -0.3 is 9.90 Å². The number of hydrogen-bond acceptors (Lipinski definition) is 2. The minimum absolute atomic E-state index is 0.558. The van der Waals surface area contributed by atoms with E-state index in [0.29, 0.717) is 11.8 Å². The summed E-state index contributed by atoms with van der Waals surface area (Å²) in [7, 11) is 0. The van der Waals surface area contributed by atoms with Gasteiger partial charge in [0.2, 0.25) is 0 Å². The van der Waals surface area contributed by atoms with E-state index in [0.717, 1.165) is 0 Å². The lowest BCUT2D eigenvalue weighted by atomic mass is 9.73. The molecule has 2 atom stereocenters. The summed E-state index contributed by atoms with van der Waals surface area (Å²) >= 11 is 0. The van der Waals surface area contributed by atoms with Crippen molar-refractivity contribution in [3.05, 3.63) is 35.9 Å². The van der Waals surface area contributed by atoms with E-state index >= 15 is 0 Å². The van der Waals surface area contributed by atoms with Crippen LogP contribution in [-0.4, -0.2) is 17.4 Å². The van der Waals surface area contributed by atoms with Crippen molar-refractivity contribution < 1.29 is 14.7 Å². The molecule has 0 aliphatic heterocycles. The van der Waals surface area contributed by atoms with E-state index in [1.165, 1.54) is 0 Å². The second-order valence-electron chi connectivity index (χ2n) is 3.80. The van der Waals surface area contributed by atoms with Crippen LogP contribution in [0, 0.1) is 5.92 Å². The highest BCUT2D eigenvalue weighted by atomic mass is 16.4. The molecule has 0 saturated carbocycles. The van der Waals surface area contributed by atoms with E-state index in [9.17, 15) is 14.7 Å².